The van der Waals surface area contributed by atoms with Crippen molar-refractivity contribution in [2.75, 3.05) is 11.9 Å². The van der Waals surface area contributed by atoms with Gasteiger partial charge in [0.15, 0.2) is 0 Å². The van der Waals surface area contributed by atoms with E-state index in [1.54, 1.807) is 0 Å². The van der Waals surface area contributed by atoms with Crippen molar-refractivity contribution in [3.05, 3.63) is 29.8 Å². The van der Waals surface area contributed by atoms with Gasteiger partial charge in [-0.3, -0.25) is 4.79 Å². The summed E-state index contributed by atoms with van der Waals surface area (Å²) in [6.45, 7) is 6.81. The lowest BCUT2D eigenvalue weighted by molar-refractivity contribution is -0.120. The average Bonchev–Trinajstić information content (AvgIpc) is 2.20. The van der Waals surface area contributed by atoms with E-state index in [-0.39, 0.29) is 5.91 Å². The summed E-state index contributed by atoms with van der Waals surface area (Å²) in [6.07, 6.45) is 0.454. The number of benzene rings is 1. The average molecular weight is 220 g/mol. The van der Waals surface area contributed by atoms with Gasteiger partial charge in [-0.2, -0.15) is 0 Å². The first-order valence-electron chi connectivity index (χ1n) is 5.74. The second-order valence-electron chi connectivity index (χ2n) is 4.13. The van der Waals surface area contributed by atoms with E-state index in [9.17, 15) is 4.79 Å². The Kier molecular flexibility index (Phi) is 4.83. The van der Waals surface area contributed by atoms with E-state index in [4.69, 9.17) is 0 Å². The van der Waals surface area contributed by atoms with Crippen LogP contribution in [0, 0.1) is 0 Å². The van der Waals surface area contributed by atoms with E-state index in [0.717, 1.165) is 11.3 Å². The first kappa shape index (κ1) is 12.6. The first-order valence-corrected chi connectivity index (χ1v) is 5.74. The summed E-state index contributed by atoms with van der Waals surface area (Å²) in [5, 5.41) is 6.10. The lowest BCUT2D eigenvalue weighted by Gasteiger charge is -2.10. The fourth-order valence-electron chi connectivity index (χ4n) is 1.50. The molecule has 16 heavy (non-hydrogen) atoms. The normalized spacial score (nSPS) is 10.2. The van der Waals surface area contributed by atoms with Crippen molar-refractivity contribution in [2.24, 2.45) is 0 Å². The van der Waals surface area contributed by atoms with Crippen molar-refractivity contribution >= 4 is 11.6 Å². The number of amides is 1. The molecule has 0 aliphatic rings. The van der Waals surface area contributed by atoms with Crippen LogP contribution in [0.3, 0.4) is 0 Å². The van der Waals surface area contributed by atoms with E-state index in [1.165, 1.54) is 0 Å². The predicted octanol–water partition coefficient (Wildman–Crippen LogP) is 2.19. The molecule has 1 aromatic rings. The number of likely N-dealkylation sites (N-methyl/N-ethyl adjacent to an activating group) is 1. The first-order chi connectivity index (χ1) is 7.61. The molecule has 0 atom stereocenters. The number of rotatable bonds is 5. The van der Waals surface area contributed by atoms with Crippen molar-refractivity contribution in [3.8, 4) is 0 Å². The van der Waals surface area contributed by atoms with Crippen molar-refractivity contribution in [3.63, 3.8) is 0 Å². The zero-order valence-electron chi connectivity index (χ0n) is 10.2. The van der Waals surface area contributed by atoms with Crippen LogP contribution in [-0.2, 0) is 11.2 Å². The quantitative estimate of drug-likeness (QED) is 0.798. The molecule has 0 radical (unpaired) electrons. The Hall–Kier alpha value is -1.51. The minimum atomic E-state index is 0.0760. The minimum absolute atomic E-state index is 0.0760. The van der Waals surface area contributed by atoms with Crippen LogP contribution in [0.5, 0.6) is 0 Å². The Bertz CT molecular complexity index is 330. The van der Waals surface area contributed by atoms with E-state index in [0.29, 0.717) is 19.0 Å². The Balaban J connectivity index is 2.54. The van der Waals surface area contributed by atoms with Gasteiger partial charge in [-0.15, -0.1) is 0 Å². The summed E-state index contributed by atoms with van der Waals surface area (Å²) in [6, 6.07) is 8.41. The molecular weight excluding hydrogens is 200 g/mol. The number of hydrogen-bond donors (Lipinski definition) is 2. The zero-order chi connectivity index (χ0) is 12.0. The van der Waals surface area contributed by atoms with Crippen LogP contribution in [-0.4, -0.2) is 18.5 Å². The molecule has 0 fully saturated rings. The van der Waals surface area contributed by atoms with Gasteiger partial charge < -0.3 is 10.6 Å². The van der Waals surface area contributed by atoms with E-state index >= 15 is 0 Å². The van der Waals surface area contributed by atoms with Crippen LogP contribution < -0.4 is 10.6 Å². The topological polar surface area (TPSA) is 41.1 Å². The Morgan fingerprint density at radius 2 is 1.88 bits per heavy atom. The summed E-state index contributed by atoms with van der Waals surface area (Å²) >= 11 is 0. The number of hydrogen-bond acceptors (Lipinski definition) is 2. The Labute approximate surface area is 97.2 Å². The Morgan fingerprint density at radius 1 is 1.25 bits per heavy atom. The van der Waals surface area contributed by atoms with Gasteiger partial charge in [0, 0.05) is 18.3 Å². The third-order valence-corrected chi connectivity index (χ3v) is 2.15. The monoisotopic (exact) mass is 220 g/mol. The maximum absolute atomic E-state index is 11.3. The third kappa shape index (κ3) is 4.34. The lowest BCUT2D eigenvalue weighted by atomic mass is 10.1. The summed E-state index contributed by atoms with van der Waals surface area (Å²) in [7, 11) is 0. The van der Waals surface area contributed by atoms with Gasteiger partial charge in [0.2, 0.25) is 5.91 Å². The van der Waals surface area contributed by atoms with Gasteiger partial charge in [-0.05, 0) is 38.5 Å². The molecular formula is C13H20N2O. The van der Waals surface area contributed by atoms with Crippen molar-refractivity contribution in [2.45, 2.75) is 33.2 Å². The standard InChI is InChI=1S/C13H20N2O/c1-4-14-13(16)9-11-5-7-12(8-6-11)15-10(2)3/h5-8,10,15H,4,9H2,1-3H3,(H,14,16). The van der Waals surface area contributed by atoms with Gasteiger partial charge in [-0.25, -0.2) is 0 Å². The predicted molar refractivity (Wildman–Crippen MR) is 67.6 cm³/mol. The molecule has 2 N–H and O–H groups in total. The highest BCUT2D eigenvalue weighted by Gasteiger charge is 2.02. The molecule has 0 aliphatic heterocycles. The molecule has 1 rings (SSSR count). The molecule has 1 amide bonds. The summed E-state index contributed by atoms with van der Waals surface area (Å²) in [5.41, 5.74) is 2.13. The number of carbonyl (C=O) groups is 1. The van der Waals surface area contributed by atoms with Crippen molar-refractivity contribution < 1.29 is 4.79 Å². The second-order valence-corrected chi connectivity index (χ2v) is 4.13. The van der Waals surface area contributed by atoms with Gasteiger partial charge in [0.1, 0.15) is 0 Å². The minimum Gasteiger partial charge on any atom is -0.383 e. The molecule has 0 aliphatic carbocycles. The molecule has 88 valence electrons. The number of carbonyl (C=O) groups excluding carboxylic acids is 1. The molecule has 0 aromatic heterocycles. The fourth-order valence-corrected chi connectivity index (χ4v) is 1.50. The molecule has 0 unspecified atom stereocenters. The lowest BCUT2D eigenvalue weighted by Crippen LogP contribution is -2.24. The van der Waals surface area contributed by atoms with Crippen LogP contribution in [0.2, 0.25) is 0 Å². The molecule has 3 heteroatoms. The summed E-state index contributed by atoms with van der Waals surface area (Å²) < 4.78 is 0. The molecule has 1 aromatic carbocycles. The SMILES string of the molecule is CCNC(=O)Cc1ccc(NC(C)C)cc1. The highest BCUT2D eigenvalue weighted by molar-refractivity contribution is 5.78. The molecule has 0 saturated heterocycles. The van der Waals surface area contributed by atoms with Crippen LogP contribution in [0.15, 0.2) is 24.3 Å². The molecule has 0 heterocycles. The van der Waals surface area contributed by atoms with Crippen molar-refractivity contribution in [1.82, 2.24) is 5.32 Å². The van der Waals surface area contributed by atoms with Gasteiger partial charge >= 0.3 is 0 Å². The van der Waals surface area contributed by atoms with Gasteiger partial charge in [0.25, 0.3) is 0 Å². The summed E-state index contributed by atoms with van der Waals surface area (Å²) in [4.78, 5) is 11.3. The Morgan fingerprint density at radius 3 is 2.38 bits per heavy atom. The van der Waals surface area contributed by atoms with Gasteiger partial charge in [-0.1, -0.05) is 12.1 Å². The largest absolute Gasteiger partial charge is 0.383 e. The highest BCUT2D eigenvalue weighted by Crippen LogP contribution is 2.11. The highest BCUT2D eigenvalue weighted by atomic mass is 16.1. The van der Waals surface area contributed by atoms with Crippen LogP contribution >= 0.6 is 0 Å². The second kappa shape index (κ2) is 6.16. The molecule has 3 nitrogen and oxygen atoms in total. The van der Waals surface area contributed by atoms with E-state index < -0.39 is 0 Å². The van der Waals surface area contributed by atoms with Crippen LogP contribution in [0.25, 0.3) is 0 Å². The fraction of sp³-hybridized carbons (Fsp3) is 0.462. The maximum Gasteiger partial charge on any atom is 0.224 e. The zero-order valence-corrected chi connectivity index (χ0v) is 10.2. The number of nitrogens with one attached hydrogen (secondary N) is 2. The van der Waals surface area contributed by atoms with Crippen LogP contribution in [0.1, 0.15) is 26.3 Å². The maximum atomic E-state index is 11.3. The molecule has 0 bridgehead atoms. The van der Waals surface area contributed by atoms with E-state index in [1.807, 2.05) is 31.2 Å². The molecule has 0 spiro atoms. The van der Waals surface area contributed by atoms with E-state index in [2.05, 4.69) is 24.5 Å². The smallest absolute Gasteiger partial charge is 0.224 e. The third-order valence-electron chi connectivity index (χ3n) is 2.15. The van der Waals surface area contributed by atoms with Crippen molar-refractivity contribution in [1.29, 1.82) is 0 Å². The van der Waals surface area contributed by atoms with Crippen LogP contribution in [0.4, 0.5) is 5.69 Å². The van der Waals surface area contributed by atoms with Gasteiger partial charge in [0.05, 0.1) is 6.42 Å². The number of anilines is 1. The molecule has 0 saturated carbocycles. The summed E-state index contributed by atoms with van der Waals surface area (Å²) in [5.74, 6) is 0.0760.